The molecule has 2 rings (SSSR count). The van der Waals surface area contributed by atoms with E-state index in [-0.39, 0.29) is 6.42 Å². The zero-order valence-electron chi connectivity index (χ0n) is 12.9. The monoisotopic (exact) mass is 329 g/mol. The van der Waals surface area contributed by atoms with Crippen molar-refractivity contribution >= 4 is 29.5 Å². The van der Waals surface area contributed by atoms with E-state index < -0.39 is 36.4 Å². The van der Waals surface area contributed by atoms with E-state index in [4.69, 9.17) is 6.42 Å². The fourth-order valence-electron chi connectivity index (χ4n) is 2.13. The lowest BCUT2D eigenvalue weighted by Crippen LogP contribution is -2.38. The van der Waals surface area contributed by atoms with Crippen molar-refractivity contribution in [1.82, 2.24) is 10.2 Å². The highest BCUT2D eigenvalue weighted by Gasteiger charge is 2.38. The van der Waals surface area contributed by atoms with Crippen molar-refractivity contribution in [1.29, 1.82) is 0 Å². The van der Waals surface area contributed by atoms with Crippen LogP contribution >= 0.6 is 0 Å². The molecule has 1 aromatic carbocycles. The number of ether oxygens (including phenoxy) is 1. The molecule has 8 nitrogen and oxygen atoms in total. The summed E-state index contributed by atoms with van der Waals surface area (Å²) in [7, 11) is 1.27. The predicted molar refractivity (Wildman–Crippen MR) is 83.9 cm³/mol. The molecule has 0 radical (unpaired) electrons. The molecule has 1 saturated heterocycles. The third kappa shape index (κ3) is 3.70. The highest BCUT2D eigenvalue weighted by molar-refractivity contribution is 6.08. The number of hydrogen-bond acceptors (Lipinski definition) is 5. The first-order chi connectivity index (χ1) is 11.5. The second kappa shape index (κ2) is 7.28. The topological polar surface area (TPSA) is 105 Å². The standard InChI is InChI=1S/C16H15N3O5/c1-3-4-12-14(21)19(16(23)18-12)9-13(20)17-11-7-5-10(6-8-11)15(22)24-2/h1,5-8,12H,4,9H2,2H3,(H,17,20)(H,18,23)/t12-/m0/s1. The van der Waals surface area contributed by atoms with Crippen molar-refractivity contribution in [2.24, 2.45) is 0 Å². The number of amides is 4. The predicted octanol–water partition coefficient (Wildman–Crippen LogP) is 0.355. The maximum atomic E-state index is 12.0. The number of imide groups is 1. The van der Waals surface area contributed by atoms with E-state index in [1.807, 2.05) is 0 Å². The van der Waals surface area contributed by atoms with Gasteiger partial charge in [0.25, 0.3) is 5.91 Å². The van der Waals surface area contributed by atoms with Crippen LogP contribution in [-0.4, -0.2) is 48.4 Å². The fourth-order valence-corrected chi connectivity index (χ4v) is 2.13. The van der Waals surface area contributed by atoms with Crippen LogP contribution in [-0.2, 0) is 14.3 Å². The number of nitrogens with zero attached hydrogens (tertiary/aromatic N) is 1. The van der Waals surface area contributed by atoms with E-state index in [1.54, 1.807) is 0 Å². The Balaban J connectivity index is 1.96. The van der Waals surface area contributed by atoms with Crippen molar-refractivity contribution < 1.29 is 23.9 Å². The van der Waals surface area contributed by atoms with Crippen LogP contribution in [0, 0.1) is 12.3 Å². The summed E-state index contributed by atoms with van der Waals surface area (Å²) >= 11 is 0. The second-order valence-corrected chi connectivity index (χ2v) is 4.95. The molecule has 1 heterocycles. The number of methoxy groups -OCH3 is 1. The summed E-state index contributed by atoms with van der Waals surface area (Å²) < 4.78 is 4.57. The van der Waals surface area contributed by atoms with E-state index in [0.717, 1.165) is 4.90 Å². The highest BCUT2D eigenvalue weighted by atomic mass is 16.5. The van der Waals surface area contributed by atoms with Gasteiger partial charge in [-0.05, 0) is 24.3 Å². The molecule has 124 valence electrons. The van der Waals surface area contributed by atoms with Gasteiger partial charge >= 0.3 is 12.0 Å². The van der Waals surface area contributed by atoms with Crippen LogP contribution in [0.5, 0.6) is 0 Å². The number of rotatable bonds is 5. The average Bonchev–Trinajstić information content (AvgIpc) is 2.83. The number of urea groups is 1. The van der Waals surface area contributed by atoms with Crippen LogP contribution < -0.4 is 10.6 Å². The number of anilines is 1. The zero-order valence-corrected chi connectivity index (χ0v) is 12.9. The zero-order chi connectivity index (χ0) is 17.7. The molecule has 1 aliphatic heterocycles. The SMILES string of the molecule is C#CC[C@@H]1NC(=O)N(CC(=O)Nc2ccc(C(=O)OC)cc2)C1=O. The van der Waals surface area contributed by atoms with Gasteiger partial charge in [0, 0.05) is 12.1 Å². The van der Waals surface area contributed by atoms with Crippen LogP contribution in [0.25, 0.3) is 0 Å². The van der Waals surface area contributed by atoms with Gasteiger partial charge in [-0.1, -0.05) is 0 Å². The Morgan fingerprint density at radius 1 is 1.33 bits per heavy atom. The Bertz CT molecular complexity index is 720. The summed E-state index contributed by atoms with van der Waals surface area (Å²) in [5.74, 6) is 0.716. The number of esters is 1. The highest BCUT2D eigenvalue weighted by Crippen LogP contribution is 2.12. The van der Waals surface area contributed by atoms with Crippen molar-refractivity contribution in [2.75, 3.05) is 19.0 Å². The van der Waals surface area contributed by atoms with Gasteiger partial charge in [0.15, 0.2) is 0 Å². The van der Waals surface area contributed by atoms with Crippen molar-refractivity contribution in [3.8, 4) is 12.3 Å². The van der Waals surface area contributed by atoms with E-state index in [0.29, 0.717) is 11.3 Å². The van der Waals surface area contributed by atoms with Gasteiger partial charge in [0.2, 0.25) is 5.91 Å². The Morgan fingerprint density at radius 2 is 2.00 bits per heavy atom. The molecule has 8 heteroatoms. The third-order valence-corrected chi connectivity index (χ3v) is 3.32. The minimum atomic E-state index is -0.797. The normalized spacial score (nSPS) is 16.3. The lowest BCUT2D eigenvalue weighted by molar-refractivity contribution is -0.130. The van der Waals surface area contributed by atoms with Crippen LogP contribution in [0.15, 0.2) is 24.3 Å². The maximum Gasteiger partial charge on any atom is 0.337 e. The third-order valence-electron chi connectivity index (χ3n) is 3.32. The average molecular weight is 329 g/mol. The summed E-state index contributed by atoms with van der Waals surface area (Å²) in [6.07, 6.45) is 5.19. The Labute approximate surface area is 138 Å². The molecule has 1 fully saturated rings. The number of benzene rings is 1. The lowest BCUT2D eigenvalue weighted by atomic mass is 10.2. The quantitative estimate of drug-likeness (QED) is 0.461. The van der Waals surface area contributed by atoms with Crippen LogP contribution in [0.4, 0.5) is 10.5 Å². The van der Waals surface area contributed by atoms with Gasteiger partial charge in [-0.25, -0.2) is 9.59 Å². The molecule has 1 aromatic rings. The first-order valence-electron chi connectivity index (χ1n) is 7.00. The Hall–Kier alpha value is -3.34. The summed E-state index contributed by atoms with van der Waals surface area (Å²) in [4.78, 5) is 47.8. The molecule has 0 unspecified atom stereocenters. The molecule has 1 aliphatic rings. The van der Waals surface area contributed by atoms with Gasteiger partial charge in [-0.2, -0.15) is 0 Å². The van der Waals surface area contributed by atoms with Crippen LogP contribution in [0.2, 0.25) is 0 Å². The second-order valence-electron chi connectivity index (χ2n) is 4.95. The summed E-state index contributed by atoms with van der Waals surface area (Å²) in [5.41, 5.74) is 0.751. The molecule has 2 N–H and O–H groups in total. The first-order valence-corrected chi connectivity index (χ1v) is 7.00. The maximum absolute atomic E-state index is 12.0. The minimum absolute atomic E-state index is 0.0671. The van der Waals surface area contributed by atoms with Crippen molar-refractivity contribution in [3.05, 3.63) is 29.8 Å². The summed E-state index contributed by atoms with van der Waals surface area (Å²) in [6, 6.07) is 4.54. The summed E-state index contributed by atoms with van der Waals surface area (Å²) in [6.45, 7) is -0.426. The van der Waals surface area contributed by atoms with Crippen LogP contribution in [0.1, 0.15) is 16.8 Å². The summed E-state index contributed by atoms with van der Waals surface area (Å²) in [5, 5.41) is 4.95. The number of nitrogens with one attached hydrogen (secondary N) is 2. The largest absolute Gasteiger partial charge is 0.465 e. The van der Waals surface area contributed by atoms with Crippen molar-refractivity contribution in [2.45, 2.75) is 12.5 Å². The lowest BCUT2D eigenvalue weighted by Gasteiger charge is -2.12. The first kappa shape index (κ1) is 17.0. The number of carbonyl (C=O) groups excluding carboxylic acids is 4. The van der Waals surface area contributed by atoms with Gasteiger partial charge in [0.1, 0.15) is 12.6 Å². The molecular weight excluding hydrogens is 314 g/mol. The molecule has 0 aromatic heterocycles. The smallest absolute Gasteiger partial charge is 0.337 e. The fraction of sp³-hybridized carbons (Fsp3) is 0.250. The molecule has 4 amide bonds. The molecule has 0 saturated carbocycles. The van der Waals surface area contributed by atoms with Gasteiger partial charge in [-0.15, -0.1) is 12.3 Å². The van der Waals surface area contributed by atoms with E-state index in [1.165, 1.54) is 31.4 Å². The number of terminal acetylenes is 1. The van der Waals surface area contributed by atoms with Crippen molar-refractivity contribution in [3.63, 3.8) is 0 Å². The molecular formula is C16H15N3O5. The Kier molecular flexibility index (Phi) is 5.16. The minimum Gasteiger partial charge on any atom is -0.465 e. The van der Waals surface area contributed by atoms with E-state index in [2.05, 4.69) is 21.3 Å². The van der Waals surface area contributed by atoms with Gasteiger partial charge in [0.05, 0.1) is 12.7 Å². The molecule has 0 spiro atoms. The number of hydrogen-bond donors (Lipinski definition) is 2. The molecule has 24 heavy (non-hydrogen) atoms. The van der Waals surface area contributed by atoms with Gasteiger partial charge < -0.3 is 15.4 Å². The Morgan fingerprint density at radius 3 is 2.58 bits per heavy atom. The van der Waals surface area contributed by atoms with Crippen LogP contribution in [0.3, 0.4) is 0 Å². The van der Waals surface area contributed by atoms with E-state index >= 15 is 0 Å². The van der Waals surface area contributed by atoms with E-state index in [9.17, 15) is 19.2 Å². The van der Waals surface area contributed by atoms with Gasteiger partial charge in [-0.3, -0.25) is 14.5 Å². The molecule has 1 atom stereocenters. The molecule has 0 bridgehead atoms. The molecule has 0 aliphatic carbocycles. The number of carbonyl (C=O) groups is 4.